The topological polar surface area (TPSA) is 47.6 Å². The van der Waals surface area contributed by atoms with Gasteiger partial charge in [-0.1, -0.05) is 31.2 Å². The van der Waals surface area contributed by atoms with Crippen LogP contribution in [0.4, 0.5) is 5.69 Å². The number of hydrogen-bond donors (Lipinski definition) is 1. The van der Waals surface area contributed by atoms with Crippen LogP contribution in [0.15, 0.2) is 42.5 Å². The second-order valence-corrected chi connectivity index (χ2v) is 6.11. The number of benzene rings is 2. The number of nitrogens with one attached hydrogen (secondary N) is 1. The Morgan fingerprint density at radius 1 is 1.13 bits per heavy atom. The van der Waals surface area contributed by atoms with Crippen molar-refractivity contribution in [2.75, 3.05) is 12.1 Å². The van der Waals surface area contributed by atoms with Crippen molar-refractivity contribution < 1.29 is 14.3 Å². The number of fused-ring (bicyclic) bond motifs is 1. The zero-order chi connectivity index (χ0) is 15.9. The second kappa shape index (κ2) is 5.30. The molecule has 1 fully saturated rings. The first-order chi connectivity index (χ1) is 11.2. The smallest absolute Gasteiger partial charge is 0.235 e. The van der Waals surface area contributed by atoms with E-state index in [1.54, 1.807) is 0 Å². The van der Waals surface area contributed by atoms with E-state index < -0.39 is 5.41 Å². The molecule has 1 N–H and O–H groups in total. The van der Waals surface area contributed by atoms with Gasteiger partial charge in [-0.2, -0.15) is 0 Å². The van der Waals surface area contributed by atoms with Gasteiger partial charge in [0.05, 0.1) is 5.41 Å². The SMILES string of the molecule is CCc1ccccc1NC(=O)C1(c2ccc3c(c2)OCO3)CC1. The lowest BCUT2D eigenvalue weighted by Gasteiger charge is -2.17. The first-order valence-corrected chi connectivity index (χ1v) is 8.02. The zero-order valence-corrected chi connectivity index (χ0v) is 13.1. The highest BCUT2D eigenvalue weighted by Crippen LogP contribution is 2.51. The van der Waals surface area contributed by atoms with Crippen molar-refractivity contribution in [3.05, 3.63) is 53.6 Å². The first-order valence-electron chi connectivity index (χ1n) is 8.02. The molecule has 1 amide bonds. The van der Waals surface area contributed by atoms with E-state index in [9.17, 15) is 4.79 Å². The molecule has 0 aromatic heterocycles. The fourth-order valence-corrected chi connectivity index (χ4v) is 3.16. The Labute approximate surface area is 135 Å². The number of carbonyl (C=O) groups excluding carboxylic acids is 1. The fraction of sp³-hybridized carbons (Fsp3) is 0.316. The molecule has 2 aromatic rings. The molecule has 0 spiro atoms. The Hall–Kier alpha value is -2.49. The van der Waals surface area contributed by atoms with Gasteiger partial charge in [-0.05, 0) is 48.6 Å². The van der Waals surface area contributed by atoms with E-state index in [1.165, 1.54) is 0 Å². The lowest BCUT2D eigenvalue weighted by molar-refractivity contribution is -0.118. The van der Waals surface area contributed by atoms with Crippen LogP contribution in [0.25, 0.3) is 0 Å². The van der Waals surface area contributed by atoms with E-state index in [0.29, 0.717) is 0 Å². The molecule has 4 rings (SSSR count). The Morgan fingerprint density at radius 3 is 2.70 bits per heavy atom. The van der Waals surface area contributed by atoms with Crippen molar-refractivity contribution in [1.29, 1.82) is 0 Å². The number of amides is 1. The summed E-state index contributed by atoms with van der Waals surface area (Å²) in [7, 11) is 0. The quantitative estimate of drug-likeness (QED) is 0.938. The van der Waals surface area contributed by atoms with E-state index in [4.69, 9.17) is 9.47 Å². The van der Waals surface area contributed by atoms with Gasteiger partial charge in [0.1, 0.15) is 0 Å². The van der Waals surface area contributed by atoms with Crippen molar-refractivity contribution in [2.45, 2.75) is 31.6 Å². The third kappa shape index (κ3) is 2.34. The Balaban J connectivity index is 1.60. The maximum atomic E-state index is 12.9. The van der Waals surface area contributed by atoms with Crippen molar-refractivity contribution in [1.82, 2.24) is 0 Å². The van der Waals surface area contributed by atoms with Crippen LogP contribution in [0.1, 0.15) is 30.9 Å². The summed E-state index contributed by atoms with van der Waals surface area (Å²) in [4.78, 5) is 12.9. The van der Waals surface area contributed by atoms with Crippen LogP contribution in [0.5, 0.6) is 11.5 Å². The summed E-state index contributed by atoms with van der Waals surface area (Å²) in [5.74, 6) is 1.55. The number of aryl methyl sites for hydroxylation is 1. The molecule has 118 valence electrons. The zero-order valence-electron chi connectivity index (χ0n) is 13.1. The molecule has 1 saturated carbocycles. The predicted octanol–water partition coefficient (Wildman–Crippen LogP) is 3.65. The van der Waals surface area contributed by atoms with Crippen LogP contribution in [-0.2, 0) is 16.6 Å². The minimum absolute atomic E-state index is 0.0669. The van der Waals surface area contributed by atoms with Gasteiger partial charge >= 0.3 is 0 Å². The van der Waals surface area contributed by atoms with Crippen molar-refractivity contribution in [3.63, 3.8) is 0 Å². The number of carbonyl (C=O) groups is 1. The van der Waals surface area contributed by atoms with Crippen LogP contribution in [0.2, 0.25) is 0 Å². The summed E-state index contributed by atoms with van der Waals surface area (Å²) in [6, 6.07) is 13.8. The van der Waals surface area contributed by atoms with Crippen LogP contribution in [-0.4, -0.2) is 12.7 Å². The van der Waals surface area contributed by atoms with Gasteiger partial charge in [0, 0.05) is 5.69 Å². The summed E-state index contributed by atoms with van der Waals surface area (Å²) in [6.07, 6.45) is 2.63. The van der Waals surface area contributed by atoms with Gasteiger partial charge in [0.25, 0.3) is 0 Å². The summed E-state index contributed by atoms with van der Waals surface area (Å²) in [6.45, 7) is 2.34. The maximum Gasteiger partial charge on any atom is 0.235 e. The molecule has 0 radical (unpaired) electrons. The predicted molar refractivity (Wildman–Crippen MR) is 87.9 cm³/mol. The highest BCUT2D eigenvalue weighted by molar-refractivity contribution is 6.02. The van der Waals surface area contributed by atoms with Gasteiger partial charge in [0.2, 0.25) is 12.7 Å². The van der Waals surface area contributed by atoms with Crippen LogP contribution in [0.3, 0.4) is 0 Å². The molecule has 1 aliphatic carbocycles. The molecule has 2 aromatic carbocycles. The number of para-hydroxylation sites is 1. The molecular formula is C19H19NO3. The standard InChI is InChI=1S/C19H19NO3/c1-2-13-5-3-4-6-15(13)20-18(21)19(9-10-19)14-7-8-16-17(11-14)23-12-22-16/h3-8,11H,2,9-10,12H2,1H3,(H,20,21). The number of hydrogen-bond acceptors (Lipinski definition) is 3. The fourth-order valence-electron chi connectivity index (χ4n) is 3.16. The van der Waals surface area contributed by atoms with Crippen LogP contribution in [0, 0.1) is 0 Å². The molecular weight excluding hydrogens is 290 g/mol. The van der Waals surface area contributed by atoms with Gasteiger partial charge in [-0.15, -0.1) is 0 Å². The van der Waals surface area contributed by atoms with E-state index >= 15 is 0 Å². The molecule has 0 saturated heterocycles. The van der Waals surface area contributed by atoms with Crippen LogP contribution >= 0.6 is 0 Å². The summed E-state index contributed by atoms with van der Waals surface area (Å²) in [5.41, 5.74) is 2.64. The van der Waals surface area contributed by atoms with Crippen molar-refractivity contribution in [3.8, 4) is 11.5 Å². The Morgan fingerprint density at radius 2 is 1.91 bits per heavy atom. The van der Waals surface area contributed by atoms with Gasteiger partial charge in [0.15, 0.2) is 11.5 Å². The minimum Gasteiger partial charge on any atom is -0.454 e. The number of ether oxygens (including phenoxy) is 2. The summed E-state index contributed by atoms with van der Waals surface area (Å²) in [5, 5.41) is 3.12. The molecule has 1 heterocycles. The molecule has 1 aliphatic heterocycles. The lowest BCUT2D eigenvalue weighted by Crippen LogP contribution is -2.28. The normalized spacial score (nSPS) is 16.9. The minimum atomic E-state index is -0.429. The molecule has 4 heteroatoms. The monoisotopic (exact) mass is 309 g/mol. The van der Waals surface area contributed by atoms with E-state index in [0.717, 1.165) is 47.6 Å². The molecule has 0 atom stereocenters. The molecule has 23 heavy (non-hydrogen) atoms. The van der Waals surface area contributed by atoms with E-state index in [-0.39, 0.29) is 12.7 Å². The molecule has 0 unspecified atom stereocenters. The summed E-state index contributed by atoms with van der Waals surface area (Å²) < 4.78 is 10.8. The van der Waals surface area contributed by atoms with Gasteiger partial charge in [-0.25, -0.2) is 0 Å². The van der Waals surface area contributed by atoms with E-state index in [1.807, 2.05) is 36.4 Å². The Kier molecular flexibility index (Phi) is 3.26. The second-order valence-electron chi connectivity index (χ2n) is 6.11. The maximum absolute atomic E-state index is 12.9. The average molecular weight is 309 g/mol. The highest BCUT2D eigenvalue weighted by Gasteiger charge is 2.51. The van der Waals surface area contributed by atoms with Crippen molar-refractivity contribution >= 4 is 11.6 Å². The van der Waals surface area contributed by atoms with Crippen LogP contribution < -0.4 is 14.8 Å². The molecule has 2 aliphatic rings. The number of anilines is 1. The molecule has 4 nitrogen and oxygen atoms in total. The largest absolute Gasteiger partial charge is 0.454 e. The summed E-state index contributed by atoms with van der Waals surface area (Å²) >= 11 is 0. The third-order valence-electron chi connectivity index (χ3n) is 4.76. The molecule has 0 bridgehead atoms. The third-order valence-corrected chi connectivity index (χ3v) is 4.76. The lowest BCUT2D eigenvalue weighted by atomic mass is 9.94. The Bertz CT molecular complexity index is 765. The van der Waals surface area contributed by atoms with E-state index in [2.05, 4.69) is 18.3 Å². The van der Waals surface area contributed by atoms with Crippen molar-refractivity contribution in [2.24, 2.45) is 0 Å². The highest BCUT2D eigenvalue weighted by atomic mass is 16.7. The van der Waals surface area contributed by atoms with Gasteiger partial charge < -0.3 is 14.8 Å². The average Bonchev–Trinajstić information content (AvgIpc) is 3.27. The van der Waals surface area contributed by atoms with Gasteiger partial charge in [-0.3, -0.25) is 4.79 Å². The first kappa shape index (κ1) is 14.1. The number of rotatable bonds is 4.